The molecule has 0 spiro atoms. The molecule has 18 heavy (non-hydrogen) atoms. The van der Waals surface area contributed by atoms with Gasteiger partial charge in [0.05, 0.1) is 0 Å². The summed E-state index contributed by atoms with van der Waals surface area (Å²) >= 11 is 0. The van der Waals surface area contributed by atoms with Gasteiger partial charge in [0.2, 0.25) is 5.91 Å². The maximum absolute atomic E-state index is 12.3. The van der Waals surface area contributed by atoms with E-state index in [0.717, 1.165) is 32.6 Å². The van der Waals surface area contributed by atoms with Gasteiger partial charge in [0.1, 0.15) is 0 Å². The number of nitrogens with zero attached hydrogens (tertiary/aromatic N) is 2. The van der Waals surface area contributed by atoms with Crippen molar-refractivity contribution in [1.29, 1.82) is 0 Å². The number of benzene rings is 1. The van der Waals surface area contributed by atoms with Gasteiger partial charge in [-0.15, -0.1) is 0 Å². The molecule has 3 nitrogen and oxygen atoms in total. The maximum Gasteiger partial charge on any atom is 0.225 e. The molecule has 1 fully saturated rings. The lowest BCUT2D eigenvalue weighted by atomic mass is 9.99. The summed E-state index contributed by atoms with van der Waals surface area (Å²) in [6.07, 6.45) is 0.839. The average molecular weight is 246 g/mol. The van der Waals surface area contributed by atoms with Gasteiger partial charge in [-0.25, -0.2) is 0 Å². The summed E-state index contributed by atoms with van der Waals surface area (Å²) in [6, 6.07) is 10.3. The van der Waals surface area contributed by atoms with Gasteiger partial charge in [-0.3, -0.25) is 4.79 Å². The summed E-state index contributed by atoms with van der Waals surface area (Å²) in [7, 11) is 2.11. The molecule has 98 valence electrons. The van der Waals surface area contributed by atoms with Crippen molar-refractivity contribution in [2.45, 2.75) is 13.3 Å². The molecule has 1 aromatic carbocycles. The fraction of sp³-hybridized carbons (Fsp3) is 0.533. The van der Waals surface area contributed by atoms with E-state index in [9.17, 15) is 4.79 Å². The summed E-state index contributed by atoms with van der Waals surface area (Å²) in [6.45, 7) is 5.75. The van der Waals surface area contributed by atoms with E-state index in [1.54, 1.807) is 0 Å². The van der Waals surface area contributed by atoms with Crippen LogP contribution in [0.5, 0.6) is 0 Å². The predicted molar refractivity (Wildman–Crippen MR) is 73.4 cm³/mol. The van der Waals surface area contributed by atoms with Crippen LogP contribution in [0.25, 0.3) is 0 Å². The van der Waals surface area contributed by atoms with Gasteiger partial charge in [0.25, 0.3) is 0 Å². The zero-order valence-electron chi connectivity index (χ0n) is 11.3. The molecule has 1 aliphatic heterocycles. The normalized spacial score (nSPS) is 18.7. The zero-order chi connectivity index (χ0) is 13.0. The molecule has 0 aliphatic carbocycles. The molecule has 1 aromatic rings. The van der Waals surface area contributed by atoms with Crippen molar-refractivity contribution < 1.29 is 4.79 Å². The monoisotopic (exact) mass is 246 g/mol. The van der Waals surface area contributed by atoms with E-state index >= 15 is 0 Å². The minimum Gasteiger partial charge on any atom is -0.340 e. The van der Waals surface area contributed by atoms with E-state index in [2.05, 4.69) is 24.1 Å². The first-order valence-corrected chi connectivity index (χ1v) is 6.68. The van der Waals surface area contributed by atoms with Crippen molar-refractivity contribution in [3.8, 4) is 0 Å². The molecule has 0 unspecified atom stereocenters. The number of likely N-dealkylation sites (N-methyl/N-ethyl adjacent to an activating group) is 1. The van der Waals surface area contributed by atoms with E-state index in [1.165, 1.54) is 5.56 Å². The highest BCUT2D eigenvalue weighted by atomic mass is 16.2. The second kappa shape index (κ2) is 6.01. The number of rotatable bonds is 3. The molecular formula is C15H22N2O. The molecule has 0 N–H and O–H groups in total. The first-order chi connectivity index (χ1) is 8.66. The Balaban J connectivity index is 1.89. The van der Waals surface area contributed by atoms with Crippen molar-refractivity contribution in [3.05, 3.63) is 35.9 Å². The Bertz CT molecular complexity index is 383. The SMILES string of the molecule is C[C@@H](Cc1ccccc1)C(=O)N1CCN(C)CC1. The minimum absolute atomic E-state index is 0.0795. The molecule has 1 amide bonds. The molecule has 1 saturated heterocycles. The number of carbonyl (C=O) groups is 1. The highest BCUT2D eigenvalue weighted by molar-refractivity contribution is 5.78. The van der Waals surface area contributed by atoms with E-state index < -0.39 is 0 Å². The maximum atomic E-state index is 12.3. The first-order valence-electron chi connectivity index (χ1n) is 6.68. The van der Waals surface area contributed by atoms with Crippen molar-refractivity contribution in [2.24, 2.45) is 5.92 Å². The third kappa shape index (κ3) is 3.33. The van der Waals surface area contributed by atoms with Crippen LogP contribution >= 0.6 is 0 Å². The molecule has 1 aliphatic rings. The Labute approximate surface area is 109 Å². The smallest absolute Gasteiger partial charge is 0.225 e. The van der Waals surface area contributed by atoms with Crippen molar-refractivity contribution >= 4 is 5.91 Å². The van der Waals surface area contributed by atoms with Crippen LogP contribution in [-0.2, 0) is 11.2 Å². The number of amides is 1. The lowest BCUT2D eigenvalue weighted by Gasteiger charge is -2.34. The quantitative estimate of drug-likeness (QED) is 0.809. The Hall–Kier alpha value is -1.35. The highest BCUT2D eigenvalue weighted by Crippen LogP contribution is 2.12. The highest BCUT2D eigenvalue weighted by Gasteiger charge is 2.23. The van der Waals surface area contributed by atoms with E-state index in [0.29, 0.717) is 5.91 Å². The van der Waals surface area contributed by atoms with Gasteiger partial charge in [-0.2, -0.15) is 0 Å². The summed E-state index contributed by atoms with van der Waals surface area (Å²) in [5, 5.41) is 0. The van der Waals surface area contributed by atoms with Crippen LogP contribution in [0.3, 0.4) is 0 Å². The average Bonchev–Trinajstić information content (AvgIpc) is 2.40. The van der Waals surface area contributed by atoms with E-state index in [4.69, 9.17) is 0 Å². The van der Waals surface area contributed by atoms with E-state index in [1.807, 2.05) is 30.0 Å². The summed E-state index contributed by atoms with van der Waals surface area (Å²) < 4.78 is 0. The Morgan fingerprint density at radius 2 is 1.78 bits per heavy atom. The zero-order valence-corrected chi connectivity index (χ0v) is 11.3. The molecule has 0 bridgehead atoms. The lowest BCUT2D eigenvalue weighted by Crippen LogP contribution is -2.48. The second-order valence-electron chi connectivity index (χ2n) is 5.22. The summed E-state index contributed by atoms with van der Waals surface area (Å²) in [4.78, 5) is 16.6. The second-order valence-corrected chi connectivity index (χ2v) is 5.22. The third-order valence-corrected chi connectivity index (χ3v) is 3.62. The summed E-state index contributed by atoms with van der Waals surface area (Å²) in [5.41, 5.74) is 1.24. The Morgan fingerprint density at radius 3 is 2.39 bits per heavy atom. The molecule has 0 saturated carbocycles. The number of piperazine rings is 1. The number of hydrogen-bond acceptors (Lipinski definition) is 2. The van der Waals surface area contributed by atoms with Crippen LogP contribution in [0.4, 0.5) is 0 Å². The van der Waals surface area contributed by atoms with Gasteiger partial charge in [0.15, 0.2) is 0 Å². The van der Waals surface area contributed by atoms with Crippen molar-refractivity contribution in [2.75, 3.05) is 33.2 Å². The summed E-state index contributed by atoms with van der Waals surface area (Å²) in [5.74, 6) is 0.378. The largest absolute Gasteiger partial charge is 0.340 e. The van der Waals surface area contributed by atoms with Gasteiger partial charge in [-0.05, 0) is 19.0 Å². The van der Waals surface area contributed by atoms with Gasteiger partial charge >= 0.3 is 0 Å². The topological polar surface area (TPSA) is 23.6 Å². The van der Waals surface area contributed by atoms with Crippen LogP contribution in [0.1, 0.15) is 12.5 Å². The molecular weight excluding hydrogens is 224 g/mol. The van der Waals surface area contributed by atoms with Crippen LogP contribution in [0.2, 0.25) is 0 Å². The predicted octanol–water partition coefficient (Wildman–Crippen LogP) is 1.64. The van der Waals surface area contributed by atoms with Crippen LogP contribution < -0.4 is 0 Å². The molecule has 3 heteroatoms. The molecule has 0 radical (unpaired) electrons. The van der Waals surface area contributed by atoms with Crippen LogP contribution in [-0.4, -0.2) is 48.9 Å². The molecule has 1 heterocycles. The standard InChI is InChI=1S/C15H22N2O/c1-13(12-14-6-4-3-5-7-14)15(18)17-10-8-16(2)9-11-17/h3-7,13H,8-12H2,1-2H3/t13-/m0/s1. The Kier molecular flexibility index (Phi) is 4.37. The minimum atomic E-state index is 0.0795. The number of hydrogen-bond donors (Lipinski definition) is 0. The molecule has 1 atom stereocenters. The van der Waals surface area contributed by atoms with Crippen LogP contribution in [0.15, 0.2) is 30.3 Å². The van der Waals surface area contributed by atoms with E-state index in [-0.39, 0.29) is 5.92 Å². The first kappa shape index (κ1) is 13.1. The molecule has 0 aromatic heterocycles. The number of carbonyl (C=O) groups excluding carboxylic acids is 1. The lowest BCUT2D eigenvalue weighted by molar-refractivity contribution is -0.136. The van der Waals surface area contributed by atoms with Crippen LogP contribution in [0, 0.1) is 5.92 Å². The molecule has 2 rings (SSSR count). The fourth-order valence-corrected chi connectivity index (χ4v) is 2.39. The van der Waals surface area contributed by atoms with Crippen molar-refractivity contribution in [1.82, 2.24) is 9.80 Å². The fourth-order valence-electron chi connectivity index (χ4n) is 2.39. The van der Waals surface area contributed by atoms with Gasteiger partial charge in [-0.1, -0.05) is 37.3 Å². The Morgan fingerprint density at radius 1 is 1.17 bits per heavy atom. The van der Waals surface area contributed by atoms with Crippen molar-refractivity contribution in [3.63, 3.8) is 0 Å². The third-order valence-electron chi connectivity index (χ3n) is 3.62. The van der Waals surface area contributed by atoms with Gasteiger partial charge < -0.3 is 9.80 Å². The van der Waals surface area contributed by atoms with Gasteiger partial charge in [0, 0.05) is 32.1 Å².